The van der Waals surface area contributed by atoms with Gasteiger partial charge in [-0.25, -0.2) is 8.42 Å². The van der Waals surface area contributed by atoms with Gasteiger partial charge < -0.3 is 5.32 Å². The fraction of sp³-hybridized carbons (Fsp3) is 0.458. The first-order valence-corrected chi connectivity index (χ1v) is 12.5. The van der Waals surface area contributed by atoms with E-state index in [1.807, 2.05) is 31.2 Å². The molecule has 0 unspecified atom stereocenters. The van der Waals surface area contributed by atoms with E-state index in [1.165, 1.54) is 23.4 Å². The van der Waals surface area contributed by atoms with Crippen LogP contribution < -0.4 is 9.62 Å². The highest BCUT2D eigenvalue weighted by atomic mass is 32.2. The number of sulfonamides is 1. The largest absolute Gasteiger partial charge is 0.352 e. The van der Waals surface area contributed by atoms with Gasteiger partial charge in [0.05, 0.1) is 18.5 Å². The lowest BCUT2D eigenvalue weighted by atomic mass is 9.99. The molecule has 0 spiro atoms. The molecule has 2 aromatic carbocycles. The van der Waals surface area contributed by atoms with Gasteiger partial charge in [0.1, 0.15) is 0 Å². The van der Waals surface area contributed by atoms with Crippen molar-refractivity contribution in [2.45, 2.75) is 53.0 Å². The number of anilines is 1. The summed E-state index contributed by atoms with van der Waals surface area (Å²) in [4.78, 5) is 12.5. The first-order chi connectivity index (χ1) is 14.2. The third-order valence-electron chi connectivity index (χ3n) is 5.36. The lowest BCUT2D eigenvalue weighted by Gasteiger charge is -2.23. The third-order valence-corrected chi connectivity index (χ3v) is 6.50. The molecule has 30 heavy (non-hydrogen) atoms. The first kappa shape index (κ1) is 23.9. The van der Waals surface area contributed by atoms with E-state index in [9.17, 15) is 13.2 Å². The van der Waals surface area contributed by atoms with E-state index in [1.54, 1.807) is 24.3 Å². The number of aryl methyl sites for hydroxylation is 1. The maximum Gasteiger partial charge on any atom is 0.251 e. The minimum Gasteiger partial charge on any atom is -0.352 e. The van der Waals surface area contributed by atoms with Gasteiger partial charge in [-0.15, -0.1) is 0 Å². The average molecular weight is 431 g/mol. The van der Waals surface area contributed by atoms with Gasteiger partial charge in [-0.05, 0) is 49.1 Å². The van der Waals surface area contributed by atoms with Crippen molar-refractivity contribution in [1.29, 1.82) is 0 Å². The summed E-state index contributed by atoms with van der Waals surface area (Å²) in [6.45, 7) is 7.20. The predicted molar refractivity (Wildman–Crippen MR) is 124 cm³/mol. The van der Waals surface area contributed by atoms with Crippen LogP contribution in [-0.2, 0) is 16.6 Å². The number of amides is 1. The summed E-state index contributed by atoms with van der Waals surface area (Å²) in [6.07, 6.45) is 5.74. The van der Waals surface area contributed by atoms with Gasteiger partial charge in [-0.2, -0.15) is 0 Å². The van der Waals surface area contributed by atoms with Gasteiger partial charge in [0.2, 0.25) is 10.0 Å². The molecule has 2 rings (SSSR count). The summed E-state index contributed by atoms with van der Waals surface area (Å²) in [5.41, 5.74) is 3.11. The minimum absolute atomic E-state index is 0.0880. The molecule has 0 aliphatic rings. The third kappa shape index (κ3) is 7.17. The maximum absolute atomic E-state index is 12.5. The highest BCUT2D eigenvalue weighted by Crippen LogP contribution is 2.21. The smallest absolute Gasteiger partial charge is 0.251 e. The SMILES string of the molecule is CCCC[C@H](CC)CNC(=O)c1ccc(CN(c2ccc(C)cc2)S(C)(=O)=O)cc1. The van der Waals surface area contributed by atoms with E-state index in [4.69, 9.17) is 0 Å². The molecule has 1 N–H and O–H groups in total. The highest BCUT2D eigenvalue weighted by molar-refractivity contribution is 7.92. The van der Waals surface area contributed by atoms with Crippen molar-refractivity contribution in [3.8, 4) is 0 Å². The fourth-order valence-electron chi connectivity index (χ4n) is 3.32. The van der Waals surface area contributed by atoms with Crippen LogP contribution in [0.4, 0.5) is 5.69 Å². The van der Waals surface area contributed by atoms with Crippen molar-refractivity contribution in [3.05, 3.63) is 65.2 Å². The summed E-state index contributed by atoms with van der Waals surface area (Å²) in [5.74, 6) is 0.418. The monoisotopic (exact) mass is 430 g/mol. The Morgan fingerprint density at radius 1 is 1.03 bits per heavy atom. The number of rotatable bonds is 11. The average Bonchev–Trinajstić information content (AvgIpc) is 2.72. The summed E-state index contributed by atoms with van der Waals surface area (Å²) in [5, 5.41) is 3.03. The van der Waals surface area contributed by atoms with Crippen LogP contribution in [0.2, 0.25) is 0 Å². The van der Waals surface area contributed by atoms with E-state index < -0.39 is 10.0 Å². The Hall–Kier alpha value is -2.34. The van der Waals surface area contributed by atoms with Crippen LogP contribution in [-0.4, -0.2) is 27.1 Å². The van der Waals surface area contributed by atoms with Crippen LogP contribution in [0.1, 0.15) is 61.0 Å². The fourth-order valence-corrected chi connectivity index (χ4v) is 4.21. The van der Waals surface area contributed by atoms with Crippen LogP contribution in [0.3, 0.4) is 0 Å². The number of hydrogen-bond acceptors (Lipinski definition) is 3. The van der Waals surface area contributed by atoms with Crippen molar-refractivity contribution in [3.63, 3.8) is 0 Å². The summed E-state index contributed by atoms with van der Waals surface area (Å²) >= 11 is 0. The topological polar surface area (TPSA) is 66.5 Å². The maximum atomic E-state index is 12.5. The molecule has 0 saturated carbocycles. The Balaban J connectivity index is 2.04. The predicted octanol–water partition coefficient (Wildman–Crippen LogP) is 4.91. The number of nitrogens with zero attached hydrogens (tertiary/aromatic N) is 1. The quantitative estimate of drug-likeness (QED) is 0.551. The molecular formula is C24H34N2O3S. The molecule has 0 heterocycles. The van der Waals surface area contributed by atoms with Crippen molar-refractivity contribution in [2.75, 3.05) is 17.1 Å². The van der Waals surface area contributed by atoms with Gasteiger partial charge in [0, 0.05) is 12.1 Å². The Morgan fingerprint density at radius 2 is 1.67 bits per heavy atom. The Labute approximate surface area is 181 Å². The molecule has 0 aliphatic carbocycles. The number of nitrogens with one attached hydrogen (secondary N) is 1. The molecule has 164 valence electrons. The number of benzene rings is 2. The van der Waals surface area contributed by atoms with Gasteiger partial charge in [-0.3, -0.25) is 9.10 Å². The zero-order valence-corrected chi connectivity index (χ0v) is 19.3. The molecular weight excluding hydrogens is 396 g/mol. The number of unbranched alkanes of at least 4 members (excludes halogenated alkanes) is 1. The second kappa shape index (κ2) is 11.2. The van der Waals surface area contributed by atoms with E-state index in [2.05, 4.69) is 19.2 Å². The number of hydrogen-bond donors (Lipinski definition) is 1. The molecule has 1 amide bonds. The van der Waals surface area contributed by atoms with E-state index in [-0.39, 0.29) is 12.5 Å². The molecule has 0 fully saturated rings. The zero-order valence-electron chi connectivity index (χ0n) is 18.5. The lowest BCUT2D eigenvalue weighted by molar-refractivity contribution is 0.0946. The Bertz CT molecular complexity index is 906. The summed E-state index contributed by atoms with van der Waals surface area (Å²) in [6, 6.07) is 14.5. The van der Waals surface area contributed by atoms with Crippen molar-refractivity contribution in [2.24, 2.45) is 5.92 Å². The van der Waals surface area contributed by atoms with Gasteiger partial charge in [0.15, 0.2) is 0 Å². The van der Waals surface area contributed by atoms with Crippen LogP contribution in [0.15, 0.2) is 48.5 Å². The first-order valence-electron chi connectivity index (χ1n) is 10.7. The normalized spacial score (nSPS) is 12.4. The van der Waals surface area contributed by atoms with Crippen LogP contribution in [0.5, 0.6) is 0 Å². The van der Waals surface area contributed by atoms with Crippen molar-refractivity contribution < 1.29 is 13.2 Å². The van der Waals surface area contributed by atoms with Gasteiger partial charge >= 0.3 is 0 Å². The number of carbonyl (C=O) groups excluding carboxylic acids is 1. The molecule has 2 aromatic rings. The van der Waals surface area contributed by atoms with E-state index in [0.29, 0.717) is 23.7 Å². The molecule has 0 bridgehead atoms. The van der Waals surface area contributed by atoms with Gasteiger partial charge in [-0.1, -0.05) is 62.9 Å². The highest BCUT2D eigenvalue weighted by Gasteiger charge is 2.18. The van der Waals surface area contributed by atoms with Gasteiger partial charge in [0.25, 0.3) is 5.91 Å². The number of carbonyl (C=O) groups is 1. The molecule has 1 atom stereocenters. The molecule has 0 saturated heterocycles. The standard InChI is InChI=1S/C24H34N2O3S/c1-5-7-8-20(6-2)17-25-24(27)22-13-11-21(12-14-22)18-26(30(4,28)29)23-15-9-19(3)10-16-23/h9-16,20H,5-8,17-18H2,1-4H3,(H,25,27)/t20-/m0/s1. The minimum atomic E-state index is -3.43. The molecule has 6 heteroatoms. The molecule has 5 nitrogen and oxygen atoms in total. The van der Waals surface area contributed by atoms with Crippen molar-refractivity contribution >= 4 is 21.6 Å². The van der Waals surface area contributed by atoms with E-state index >= 15 is 0 Å². The summed E-state index contributed by atoms with van der Waals surface area (Å²) in [7, 11) is -3.43. The van der Waals surface area contributed by atoms with E-state index in [0.717, 1.165) is 24.0 Å². The second-order valence-corrected chi connectivity index (χ2v) is 9.84. The molecule has 0 aromatic heterocycles. The van der Waals surface area contributed by atoms with Crippen molar-refractivity contribution in [1.82, 2.24) is 5.32 Å². The Morgan fingerprint density at radius 3 is 2.20 bits per heavy atom. The molecule has 0 radical (unpaired) electrons. The summed E-state index contributed by atoms with van der Waals surface area (Å²) < 4.78 is 26.0. The molecule has 0 aliphatic heterocycles. The van der Waals surface area contributed by atoms with Crippen LogP contribution in [0.25, 0.3) is 0 Å². The second-order valence-electron chi connectivity index (χ2n) is 7.93. The Kier molecular flexibility index (Phi) is 8.90. The lowest BCUT2D eigenvalue weighted by Crippen LogP contribution is -2.30. The van der Waals surface area contributed by atoms with Crippen LogP contribution >= 0.6 is 0 Å². The zero-order chi connectivity index (χ0) is 22.1. The van der Waals surface area contributed by atoms with Crippen LogP contribution in [0, 0.1) is 12.8 Å².